The van der Waals surface area contributed by atoms with Crippen molar-refractivity contribution in [3.05, 3.63) is 53.9 Å². The highest BCUT2D eigenvalue weighted by atomic mass is 16.5. The van der Waals surface area contributed by atoms with Gasteiger partial charge < -0.3 is 15.2 Å². The number of nitrogens with two attached hydrogens (primary N) is 1. The predicted molar refractivity (Wildman–Crippen MR) is 79.0 cm³/mol. The summed E-state index contributed by atoms with van der Waals surface area (Å²) in [7, 11) is 3.28. The summed E-state index contributed by atoms with van der Waals surface area (Å²) in [6, 6.07) is 9.86. The largest absolute Gasteiger partial charge is 0.497 e. The third-order valence-electron chi connectivity index (χ3n) is 3.34. The molecule has 0 aliphatic heterocycles. The molecule has 0 aliphatic rings. The Labute approximate surface area is 119 Å². The van der Waals surface area contributed by atoms with Crippen LogP contribution in [0.15, 0.2) is 42.7 Å². The molecule has 0 spiro atoms. The first-order valence-corrected chi connectivity index (χ1v) is 6.46. The maximum atomic E-state index is 6.44. The molecule has 1 aromatic heterocycles. The molecule has 0 saturated carbocycles. The van der Waals surface area contributed by atoms with Crippen LogP contribution in [-0.2, 0) is 12.0 Å². The summed E-state index contributed by atoms with van der Waals surface area (Å²) in [6.07, 6.45) is 4.17. The third kappa shape index (κ3) is 3.27. The number of hydrogen-bond donors (Lipinski definition) is 1. The number of hydrogen-bond acceptors (Lipinski definition) is 4. The summed E-state index contributed by atoms with van der Waals surface area (Å²) in [6.45, 7) is 1.99. The van der Waals surface area contributed by atoms with Gasteiger partial charge in [-0.25, -0.2) is 0 Å². The highest BCUT2D eigenvalue weighted by Gasteiger charge is 2.22. The minimum atomic E-state index is -0.504. The van der Waals surface area contributed by atoms with E-state index < -0.39 is 5.54 Å². The molecule has 2 aromatic rings. The molecular weight excluding hydrogens is 252 g/mol. The first-order chi connectivity index (χ1) is 9.55. The minimum absolute atomic E-state index is 0.504. The zero-order valence-corrected chi connectivity index (χ0v) is 12.1. The van der Waals surface area contributed by atoms with Gasteiger partial charge >= 0.3 is 0 Å². The summed E-state index contributed by atoms with van der Waals surface area (Å²) in [5, 5.41) is 0. The van der Waals surface area contributed by atoms with E-state index in [1.54, 1.807) is 26.6 Å². The van der Waals surface area contributed by atoms with Gasteiger partial charge in [0.05, 0.1) is 20.4 Å². The molecule has 1 heterocycles. The van der Waals surface area contributed by atoms with Crippen LogP contribution in [0.25, 0.3) is 0 Å². The molecular formula is C16H20N2O2. The topological polar surface area (TPSA) is 57.4 Å². The zero-order chi connectivity index (χ0) is 14.6. The van der Waals surface area contributed by atoms with Gasteiger partial charge in [-0.2, -0.15) is 0 Å². The number of methoxy groups -OCH3 is 2. The van der Waals surface area contributed by atoms with E-state index in [1.165, 1.54) is 0 Å². The lowest BCUT2D eigenvalue weighted by molar-refractivity contribution is 0.407. The smallest absolute Gasteiger partial charge is 0.137 e. The van der Waals surface area contributed by atoms with Gasteiger partial charge in [0.15, 0.2) is 0 Å². The molecule has 1 aromatic carbocycles. The Kier molecular flexibility index (Phi) is 4.25. The number of rotatable bonds is 5. The lowest BCUT2D eigenvalue weighted by atomic mass is 9.87. The van der Waals surface area contributed by atoms with Crippen LogP contribution in [0.3, 0.4) is 0 Å². The van der Waals surface area contributed by atoms with E-state index in [1.807, 2.05) is 37.3 Å². The fourth-order valence-corrected chi connectivity index (χ4v) is 2.11. The Morgan fingerprint density at radius 3 is 2.30 bits per heavy atom. The van der Waals surface area contributed by atoms with E-state index in [-0.39, 0.29) is 0 Å². The molecule has 0 amide bonds. The van der Waals surface area contributed by atoms with Crippen molar-refractivity contribution in [3.63, 3.8) is 0 Å². The Bertz CT molecular complexity index is 565. The van der Waals surface area contributed by atoms with Crippen molar-refractivity contribution < 1.29 is 9.47 Å². The van der Waals surface area contributed by atoms with Crippen LogP contribution >= 0.6 is 0 Å². The summed E-state index contributed by atoms with van der Waals surface area (Å²) in [4.78, 5) is 4.17. The molecule has 4 nitrogen and oxygen atoms in total. The van der Waals surface area contributed by atoms with Crippen molar-refractivity contribution in [3.8, 4) is 11.5 Å². The average Bonchev–Trinajstić information content (AvgIpc) is 2.48. The Balaban J connectivity index is 2.20. The summed E-state index contributed by atoms with van der Waals surface area (Å²) in [5.41, 5.74) is 8.04. The highest BCUT2D eigenvalue weighted by Crippen LogP contribution is 2.25. The molecule has 0 radical (unpaired) electrons. The molecule has 0 aliphatic carbocycles. The van der Waals surface area contributed by atoms with E-state index in [9.17, 15) is 0 Å². The quantitative estimate of drug-likeness (QED) is 0.908. The Morgan fingerprint density at radius 1 is 1.05 bits per heavy atom. The van der Waals surface area contributed by atoms with E-state index in [0.29, 0.717) is 12.2 Å². The van der Waals surface area contributed by atoms with Gasteiger partial charge in [0.1, 0.15) is 11.5 Å². The van der Waals surface area contributed by atoms with E-state index in [4.69, 9.17) is 15.2 Å². The number of ether oxygens (including phenoxy) is 2. The van der Waals surface area contributed by atoms with Gasteiger partial charge in [-0.05, 0) is 42.7 Å². The van der Waals surface area contributed by atoms with Crippen molar-refractivity contribution >= 4 is 0 Å². The lowest BCUT2D eigenvalue weighted by Gasteiger charge is -2.25. The van der Waals surface area contributed by atoms with Crippen LogP contribution in [-0.4, -0.2) is 19.2 Å². The number of aromatic nitrogens is 1. The molecule has 0 bridgehead atoms. The second kappa shape index (κ2) is 5.92. The van der Waals surface area contributed by atoms with Crippen molar-refractivity contribution in [1.29, 1.82) is 0 Å². The first-order valence-electron chi connectivity index (χ1n) is 6.46. The molecule has 20 heavy (non-hydrogen) atoms. The van der Waals surface area contributed by atoms with Crippen LogP contribution < -0.4 is 15.2 Å². The molecule has 2 N–H and O–H groups in total. The minimum Gasteiger partial charge on any atom is -0.497 e. The fraction of sp³-hybridized carbons (Fsp3) is 0.312. The Hall–Kier alpha value is -2.07. The normalized spacial score (nSPS) is 13.6. The van der Waals surface area contributed by atoms with Crippen LogP contribution in [0.2, 0.25) is 0 Å². The molecule has 0 saturated heterocycles. The van der Waals surface area contributed by atoms with Crippen molar-refractivity contribution in [2.24, 2.45) is 5.73 Å². The SMILES string of the molecule is COc1ccc(CC(C)(N)c2cncc(OC)c2)cc1. The van der Waals surface area contributed by atoms with Crippen LogP contribution in [0.5, 0.6) is 11.5 Å². The van der Waals surface area contributed by atoms with Crippen LogP contribution in [0, 0.1) is 0 Å². The fourth-order valence-electron chi connectivity index (χ4n) is 2.11. The van der Waals surface area contributed by atoms with Gasteiger partial charge in [0.2, 0.25) is 0 Å². The lowest BCUT2D eigenvalue weighted by Crippen LogP contribution is -2.35. The molecule has 1 unspecified atom stereocenters. The summed E-state index contributed by atoms with van der Waals surface area (Å²) >= 11 is 0. The van der Waals surface area contributed by atoms with Gasteiger partial charge in [-0.3, -0.25) is 4.98 Å². The van der Waals surface area contributed by atoms with Gasteiger partial charge in [-0.1, -0.05) is 12.1 Å². The third-order valence-corrected chi connectivity index (χ3v) is 3.34. The molecule has 106 valence electrons. The van der Waals surface area contributed by atoms with Crippen molar-refractivity contribution in [2.75, 3.05) is 14.2 Å². The van der Waals surface area contributed by atoms with E-state index >= 15 is 0 Å². The molecule has 4 heteroatoms. The predicted octanol–water partition coefficient (Wildman–Crippen LogP) is 2.52. The monoisotopic (exact) mass is 272 g/mol. The average molecular weight is 272 g/mol. The number of benzene rings is 1. The standard InChI is InChI=1S/C16H20N2O2/c1-16(17,13-8-15(20-3)11-18-10-13)9-12-4-6-14(19-2)7-5-12/h4-8,10-11H,9,17H2,1-3H3. The molecule has 1 atom stereocenters. The first kappa shape index (κ1) is 14.3. The maximum Gasteiger partial charge on any atom is 0.137 e. The van der Waals surface area contributed by atoms with Crippen LogP contribution in [0.4, 0.5) is 0 Å². The van der Waals surface area contributed by atoms with E-state index in [0.717, 1.165) is 16.9 Å². The van der Waals surface area contributed by atoms with Gasteiger partial charge in [0, 0.05) is 11.7 Å². The van der Waals surface area contributed by atoms with Crippen LogP contribution in [0.1, 0.15) is 18.1 Å². The summed E-state index contributed by atoms with van der Waals surface area (Å²) in [5.74, 6) is 1.56. The van der Waals surface area contributed by atoms with Crippen molar-refractivity contribution in [2.45, 2.75) is 18.9 Å². The summed E-state index contributed by atoms with van der Waals surface area (Å²) < 4.78 is 10.4. The Morgan fingerprint density at radius 2 is 1.70 bits per heavy atom. The maximum absolute atomic E-state index is 6.44. The second-order valence-electron chi connectivity index (χ2n) is 5.06. The van der Waals surface area contributed by atoms with Crippen molar-refractivity contribution in [1.82, 2.24) is 4.98 Å². The second-order valence-corrected chi connectivity index (χ2v) is 5.06. The van der Waals surface area contributed by atoms with Gasteiger partial charge in [0.25, 0.3) is 0 Å². The number of pyridine rings is 1. The number of nitrogens with zero attached hydrogens (tertiary/aromatic N) is 1. The van der Waals surface area contributed by atoms with Gasteiger partial charge in [-0.15, -0.1) is 0 Å². The molecule has 2 rings (SSSR count). The van der Waals surface area contributed by atoms with E-state index in [2.05, 4.69) is 4.98 Å². The zero-order valence-electron chi connectivity index (χ0n) is 12.1. The molecule has 0 fully saturated rings. The highest BCUT2D eigenvalue weighted by molar-refractivity contribution is 5.33.